The van der Waals surface area contributed by atoms with Gasteiger partial charge in [0.1, 0.15) is 49.6 Å². The van der Waals surface area contributed by atoms with E-state index in [2.05, 4.69) is 71.1 Å². The zero-order chi connectivity index (χ0) is 111. The first-order valence-electron chi connectivity index (χ1n) is 49.9. The normalized spacial score (nSPS) is 16.4. The van der Waals surface area contributed by atoms with Crippen molar-refractivity contribution in [2.24, 2.45) is 11.8 Å². The van der Waals surface area contributed by atoms with Crippen LogP contribution in [0.1, 0.15) is 246 Å². The lowest BCUT2D eigenvalue weighted by molar-refractivity contribution is -0.142. The number of hydrogen-bond acceptors (Lipinski definition) is 26. The minimum Gasteiger partial charge on any atom is -0.497 e. The van der Waals surface area contributed by atoms with Crippen molar-refractivity contribution in [1.82, 2.24) is 29.8 Å². The summed E-state index contributed by atoms with van der Waals surface area (Å²) in [7, 11) is 1.59. The van der Waals surface area contributed by atoms with Crippen LogP contribution in [0, 0.1) is 29.0 Å². The van der Waals surface area contributed by atoms with E-state index in [1.54, 1.807) is 185 Å². The summed E-state index contributed by atoms with van der Waals surface area (Å²) in [6.07, 6.45) is -3.85. The van der Waals surface area contributed by atoms with Gasteiger partial charge in [-0.1, -0.05) is 137 Å². The number of ether oxygens (including phenoxy) is 13. The van der Waals surface area contributed by atoms with Crippen LogP contribution in [-0.2, 0) is 68.1 Å². The van der Waals surface area contributed by atoms with Crippen molar-refractivity contribution in [3.63, 3.8) is 0 Å². The second kappa shape index (κ2) is 65.8. The molecule has 7 aromatic carbocycles. The number of carbonyl (C=O) groups is 12. The van der Waals surface area contributed by atoms with E-state index >= 15 is 0 Å². The number of benzene rings is 7. The fourth-order valence-electron chi connectivity index (χ4n) is 15.2. The second-order valence-electron chi connectivity index (χ2n) is 38.1. The molecule has 814 valence electrons. The molecule has 37 heteroatoms. The van der Waals surface area contributed by atoms with Crippen LogP contribution in [-0.4, -0.2) is 235 Å². The minimum absolute atomic E-state index is 0.0682. The van der Waals surface area contributed by atoms with Gasteiger partial charge in [-0.3, -0.25) is 50.6 Å². The number of hydrogen-bond donors (Lipinski definition) is 5. The lowest BCUT2D eigenvalue weighted by Crippen LogP contribution is -2.48. The molecule has 5 heterocycles. The highest BCUT2D eigenvalue weighted by molar-refractivity contribution is 5.93. The molecule has 0 radical (unpaired) electrons. The molecular formula is C111H158FN11O25. The number of nitriles is 1. The molecule has 0 unspecified atom stereocenters. The van der Waals surface area contributed by atoms with E-state index in [0.29, 0.717) is 73.1 Å². The van der Waals surface area contributed by atoms with Gasteiger partial charge in [-0.25, -0.2) is 57.1 Å². The van der Waals surface area contributed by atoms with Crippen molar-refractivity contribution in [3.8, 4) is 11.8 Å². The number of para-hydroxylation sites is 1. The number of anilines is 4. The summed E-state index contributed by atoms with van der Waals surface area (Å²) >= 11 is 0. The minimum atomic E-state index is -0.648. The SMILES string of the molecule is CC(C)N1C(=O)OC[C@@H]1Cc1ccccc1.CC(C)N1C(=O)OC[C@@H]1c1ccccc1.CC(C)N1C(=O)O[C@H](c2ccccc2)[C@@H]1C.CC(C)OC(=O)Nc1ccc(C#N)cc1.CC(C)OC(=O)Nc1ccccc1F.CC(C)[C@@H]1N(C(C)C)C(=O)OC1(C)C.CC(C)[C@H]1COC(=O)N1C(C)C.CCOC(=O)CNC(=O)OC(C)C.CCOC(=O)c1cccc(NC(=O)OC(C)C)c1.COc1ccc(NC(=O)OC(C)C)cc1. The molecule has 7 aromatic rings. The predicted molar refractivity (Wildman–Crippen MR) is 565 cm³/mol. The summed E-state index contributed by atoms with van der Waals surface area (Å²) in [5.41, 5.74) is 5.93. The topological polar surface area (TPSA) is 425 Å². The summed E-state index contributed by atoms with van der Waals surface area (Å²) in [5.74, 6) is 0.269. The average Bonchev–Trinajstić information content (AvgIpc) is 1.61. The van der Waals surface area contributed by atoms with Crippen LogP contribution in [0.4, 0.5) is 75.1 Å². The molecular weight excluding hydrogens is 1910 g/mol. The van der Waals surface area contributed by atoms with E-state index in [9.17, 15) is 61.9 Å². The van der Waals surface area contributed by atoms with E-state index in [-0.39, 0.29) is 145 Å². The maximum Gasteiger partial charge on any atom is 0.411 e. The van der Waals surface area contributed by atoms with Crippen LogP contribution in [0.3, 0.4) is 0 Å². The van der Waals surface area contributed by atoms with Gasteiger partial charge in [0.15, 0.2) is 0 Å². The quantitative estimate of drug-likeness (QED) is 0.0248. The Balaban J connectivity index is 0.000000423. The largest absolute Gasteiger partial charge is 0.497 e. The smallest absolute Gasteiger partial charge is 0.411 e. The van der Waals surface area contributed by atoms with Crippen LogP contribution in [0.25, 0.3) is 0 Å². The Labute approximate surface area is 872 Å². The maximum absolute atomic E-state index is 13.0. The van der Waals surface area contributed by atoms with Crippen molar-refractivity contribution in [2.45, 2.75) is 310 Å². The predicted octanol–water partition coefficient (Wildman–Crippen LogP) is 24.0. The highest BCUT2D eigenvalue weighted by atomic mass is 19.1. The highest BCUT2D eigenvalue weighted by Crippen LogP contribution is 2.37. The summed E-state index contributed by atoms with van der Waals surface area (Å²) in [6.45, 7) is 57.6. The number of methoxy groups -OCH3 is 1. The Morgan fingerprint density at radius 3 is 1.30 bits per heavy atom. The van der Waals surface area contributed by atoms with Gasteiger partial charge in [-0.15, -0.1) is 0 Å². The Morgan fingerprint density at radius 2 is 0.865 bits per heavy atom. The van der Waals surface area contributed by atoms with Crippen LogP contribution >= 0.6 is 0 Å². The Morgan fingerprint density at radius 1 is 0.439 bits per heavy atom. The van der Waals surface area contributed by atoms with E-state index in [4.69, 9.17) is 62.1 Å². The lowest BCUT2D eigenvalue weighted by atomic mass is 9.88. The molecule has 0 saturated carbocycles. The number of rotatable bonds is 26. The Hall–Kier alpha value is -14.6. The van der Waals surface area contributed by atoms with E-state index in [0.717, 1.165) is 23.3 Å². The molecule has 5 N–H and O–H groups in total. The van der Waals surface area contributed by atoms with Gasteiger partial charge >= 0.3 is 72.9 Å². The van der Waals surface area contributed by atoms with Gasteiger partial charge in [0.05, 0.1) is 104 Å². The van der Waals surface area contributed by atoms with Gasteiger partial charge in [0, 0.05) is 47.3 Å². The van der Waals surface area contributed by atoms with Crippen molar-refractivity contribution in [1.29, 1.82) is 5.26 Å². The third-order valence-corrected chi connectivity index (χ3v) is 21.3. The van der Waals surface area contributed by atoms with Gasteiger partial charge in [0.25, 0.3) is 0 Å². The summed E-state index contributed by atoms with van der Waals surface area (Å²) in [6, 6.07) is 59.9. The van der Waals surface area contributed by atoms with Gasteiger partial charge in [-0.05, 0) is 287 Å². The summed E-state index contributed by atoms with van der Waals surface area (Å²) < 4.78 is 77.7. The number of nitrogens with zero attached hydrogens (tertiary/aromatic N) is 6. The van der Waals surface area contributed by atoms with Gasteiger partial charge < -0.3 is 66.9 Å². The molecule has 36 nitrogen and oxygen atoms in total. The number of amides is 10. The lowest BCUT2D eigenvalue weighted by Gasteiger charge is -2.34. The molecule has 0 aliphatic carbocycles. The zero-order valence-corrected chi connectivity index (χ0v) is 91.5. The fourth-order valence-corrected chi connectivity index (χ4v) is 15.2. The van der Waals surface area contributed by atoms with Gasteiger partial charge in [-0.2, -0.15) is 5.26 Å². The van der Waals surface area contributed by atoms with Crippen molar-refractivity contribution < 1.29 is 124 Å². The molecule has 5 saturated heterocycles. The number of halogens is 1. The number of cyclic esters (lactones) is 5. The van der Waals surface area contributed by atoms with E-state index in [1.807, 2.05) is 190 Å². The third-order valence-electron chi connectivity index (χ3n) is 21.3. The number of carbonyl (C=O) groups excluding carboxylic acids is 12. The molecule has 0 bridgehead atoms. The average molecular weight is 2070 g/mol. The standard InChI is InChI=1S/C13H17NO4.2C13H17NO2.C12H15NO2.C11H12N2O2.C11H15NO3.C11H21NO2.C10H12FNO2.C9H17NO2.C8H15NO4/c1-4-17-12(15)10-6-5-7-11(8-10)14-13(16)18-9(2)3;1-9(2)14-10(3)12(16-13(14)15)11-7-5-4-6-8-11;1-10(2)14-12(9-16-13(14)15)8-11-6-4-3-5-7-11;1-9(2)13-11(8-15-12(13)14)10-6-4-3-5-7-10;1-8(2)15-11(14)13-10-5-3-9(7-12)4-6-10;1-8(2)15-11(13)12-9-4-6-10(14-3)7-5-9;1-7(2)9-11(5,6)14-10(13)12(9)8(3)4;1-7(2)14-10(13)12-9-6-4-3-5-8(9)11;1-6(2)8-5-12-9(11)10(8)7(3)4;1-4-12-7(10)5-9-8(11)13-6(2)3/h5-9H,4H2,1-3H3,(H,14,16);4-10,12H,1-3H3;3-7,10,12H,8-9H2,1-2H3;3-7,9,11H,8H2,1-2H3;3-6,8H,1-2H3,(H,13,14);4-8H,1-3H3,(H,12,13);7-9H,1-6H3;3-7H,1-2H3,(H,12,13);6-8H,5H2,1-4H3;6H,4-5H2,1-3H3,(H,9,11)/t;10-,12-;12-;11-;;;9-;;8-;/m.001..0.1./s1. The van der Waals surface area contributed by atoms with E-state index < -0.39 is 48.2 Å². The first-order chi connectivity index (χ1) is 69.7. The number of alkyl carbamates (subject to hydrolysis) is 1. The highest BCUT2D eigenvalue weighted by Gasteiger charge is 2.50. The maximum atomic E-state index is 13.0. The summed E-state index contributed by atoms with van der Waals surface area (Å²) in [5, 5.41) is 20.8. The molecule has 0 spiro atoms. The third kappa shape index (κ3) is 46.4. The molecule has 5 aliphatic heterocycles. The molecule has 5 fully saturated rings. The first kappa shape index (κ1) is 128. The summed E-state index contributed by atoms with van der Waals surface area (Å²) in [4.78, 5) is 145. The molecule has 12 rings (SSSR count). The molecule has 5 aliphatic rings. The molecule has 6 atom stereocenters. The fraction of sp³-hybridized carbons (Fsp3) is 0.505. The van der Waals surface area contributed by atoms with Crippen LogP contribution in [0.5, 0.6) is 5.75 Å². The zero-order valence-electron chi connectivity index (χ0n) is 91.5. The van der Waals surface area contributed by atoms with Crippen molar-refractivity contribution in [2.75, 3.05) is 68.0 Å². The van der Waals surface area contributed by atoms with Gasteiger partial charge in [0.2, 0.25) is 0 Å². The van der Waals surface area contributed by atoms with Crippen molar-refractivity contribution >= 4 is 95.6 Å². The van der Waals surface area contributed by atoms with Crippen molar-refractivity contribution in [3.05, 3.63) is 222 Å². The molecule has 0 aromatic heterocycles. The number of nitrogens with one attached hydrogen (secondary N) is 5. The Bertz CT molecular complexity index is 5230. The first-order valence-corrected chi connectivity index (χ1v) is 49.9. The van der Waals surface area contributed by atoms with Crippen LogP contribution in [0.2, 0.25) is 0 Å². The molecule has 148 heavy (non-hydrogen) atoms. The number of esters is 2. The second-order valence-corrected chi connectivity index (χ2v) is 38.1. The van der Waals surface area contributed by atoms with E-state index in [1.165, 1.54) is 17.7 Å². The van der Waals surface area contributed by atoms with Crippen LogP contribution in [0.15, 0.2) is 188 Å². The monoisotopic (exact) mass is 2060 g/mol. The Kier molecular flexibility index (Phi) is 56.7. The van der Waals surface area contributed by atoms with Crippen LogP contribution < -0.4 is 31.3 Å². The molecule has 10 amide bonds.